The van der Waals surface area contributed by atoms with Crippen molar-refractivity contribution in [2.45, 2.75) is 0 Å². The van der Waals surface area contributed by atoms with E-state index in [9.17, 15) is 14.9 Å². The number of Topliss-reactive ketones (excluding diaryl/α,β-unsaturated/α-hetero) is 1. The number of carbonyl (C=O) groups excluding carboxylic acids is 1. The lowest BCUT2D eigenvalue weighted by Crippen LogP contribution is -2.13. The van der Waals surface area contributed by atoms with E-state index in [4.69, 9.17) is 14.2 Å². The molecule has 0 aliphatic carbocycles. The molecule has 0 bridgehead atoms. The highest BCUT2D eigenvalue weighted by Crippen LogP contribution is 2.25. The average Bonchev–Trinajstić information content (AvgIpc) is 2.59. The fourth-order valence-electron chi connectivity index (χ4n) is 1.92. The second kappa shape index (κ2) is 7.26. The van der Waals surface area contributed by atoms with Crippen LogP contribution in [0.15, 0.2) is 42.5 Å². The number of nitrogens with zero attached hydrogens (tertiary/aromatic N) is 1. The van der Waals surface area contributed by atoms with Gasteiger partial charge in [0, 0.05) is 12.1 Å². The fraction of sp³-hybridized carbons (Fsp3) is 0.188. The largest absolute Gasteiger partial charge is 0.497 e. The van der Waals surface area contributed by atoms with Crippen LogP contribution in [-0.2, 0) is 0 Å². The molecule has 0 radical (unpaired) electrons. The van der Waals surface area contributed by atoms with E-state index in [-0.39, 0.29) is 18.1 Å². The number of hydrogen-bond donors (Lipinski definition) is 0. The molecule has 0 fully saturated rings. The summed E-state index contributed by atoms with van der Waals surface area (Å²) in [5.74, 6) is 1.03. The maximum atomic E-state index is 12.3. The summed E-state index contributed by atoms with van der Waals surface area (Å²) in [7, 11) is 2.97. The first-order chi connectivity index (χ1) is 11.0. The lowest BCUT2D eigenvalue weighted by molar-refractivity contribution is -0.384. The van der Waals surface area contributed by atoms with Gasteiger partial charge >= 0.3 is 0 Å². The number of benzene rings is 2. The third kappa shape index (κ3) is 3.97. The summed E-state index contributed by atoms with van der Waals surface area (Å²) >= 11 is 0. The number of rotatable bonds is 7. The van der Waals surface area contributed by atoms with Gasteiger partial charge in [-0.1, -0.05) is 0 Å². The molecule has 0 amide bonds. The van der Waals surface area contributed by atoms with Crippen molar-refractivity contribution in [2.75, 3.05) is 20.8 Å². The van der Waals surface area contributed by atoms with E-state index >= 15 is 0 Å². The first-order valence-electron chi connectivity index (χ1n) is 6.67. The summed E-state index contributed by atoms with van der Waals surface area (Å²) in [5.41, 5.74) is 0.298. The molecule has 7 heteroatoms. The minimum Gasteiger partial charge on any atom is -0.497 e. The van der Waals surface area contributed by atoms with Gasteiger partial charge in [0.15, 0.2) is 6.61 Å². The Morgan fingerprint density at radius 2 is 1.70 bits per heavy atom. The van der Waals surface area contributed by atoms with Gasteiger partial charge in [-0.3, -0.25) is 14.9 Å². The summed E-state index contributed by atoms with van der Waals surface area (Å²) in [6.45, 7) is -0.221. The molecule has 120 valence electrons. The molecular weight excluding hydrogens is 302 g/mol. The lowest BCUT2D eigenvalue weighted by atomic mass is 10.1. The molecule has 0 aromatic heterocycles. The van der Waals surface area contributed by atoms with Crippen molar-refractivity contribution in [1.29, 1.82) is 0 Å². The third-order valence-electron chi connectivity index (χ3n) is 3.12. The smallest absolute Gasteiger partial charge is 0.269 e. The van der Waals surface area contributed by atoms with Gasteiger partial charge in [-0.05, 0) is 30.3 Å². The van der Waals surface area contributed by atoms with E-state index in [1.165, 1.54) is 38.5 Å². The van der Waals surface area contributed by atoms with Crippen LogP contribution in [0.25, 0.3) is 0 Å². The van der Waals surface area contributed by atoms with Crippen LogP contribution in [-0.4, -0.2) is 31.5 Å². The number of ketones is 1. The molecule has 0 atom stereocenters. The number of hydrogen-bond acceptors (Lipinski definition) is 6. The van der Waals surface area contributed by atoms with Crippen molar-refractivity contribution >= 4 is 11.5 Å². The number of ether oxygens (including phenoxy) is 3. The van der Waals surface area contributed by atoms with Crippen LogP contribution < -0.4 is 14.2 Å². The molecule has 0 unspecified atom stereocenters. The zero-order valence-corrected chi connectivity index (χ0v) is 12.6. The first-order valence-corrected chi connectivity index (χ1v) is 6.67. The molecule has 2 aromatic carbocycles. The predicted molar refractivity (Wildman–Crippen MR) is 82.5 cm³/mol. The van der Waals surface area contributed by atoms with E-state index in [2.05, 4.69) is 0 Å². The SMILES string of the molecule is COc1ccc(OC)c(C(=O)COc2ccc([N+](=O)[O-])cc2)c1. The normalized spacial score (nSPS) is 10.0. The fourth-order valence-corrected chi connectivity index (χ4v) is 1.92. The van der Waals surface area contributed by atoms with E-state index in [0.717, 1.165) is 0 Å². The second-order valence-corrected chi connectivity index (χ2v) is 4.53. The Bertz CT molecular complexity index is 711. The standard InChI is InChI=1S/C16H15NO6/c1-21-13-7-8-16(22-2)14(9-13)15(18)10-23-12-5-3-11(4-6-12)17(19)20/h3-9H,10H2,1-2H3. The van der Waals surface area contributed by atoms with Gasteiger partial charge in [0.2, 0.25) is 5.78 Å². The summed E-state index contributed by atoms with van der Waals surface area (Å²) < 4.78 is 15.6. The molecule has 0 saturated heterocycles. The second-order valence-electron chi connectivity index (χ2n) is 4.53. The average molecular weight is 317 g/mol. The van der Waals surface area contributed by atoms with Gasteiger partial charge < -0.3 is 14.2 Å². The molecule has 23 heavy (non-hydrogen) atoms. The molecule has 2 rings (SSSR count). The molecule has 0 heterocycles. The number of carbonyl (C=O) groups is 1. The summed E-state index contributed by atoms with van der Waals surface area (Å²) in [4.78, 5) is 22.3. The minimum atomic E-state index is -0.504. The third-order valence-corrected chi connectivity index (χ3v) is 3.12. The van der Waals surface area contributed by atoms with E-state index < -0.39 is 4.92 Å². The number of methoxy groups -OCH3 is 2. The van der Waals surface area contributed by atoms with Crippen LogP contribution in [0, 0.1) is 10.1 Å². The zero-order chi connectivity index (χ0) is 16.8. The van der Waals surface area contributed by atoms with Crippen molar-refractivity contribution in [3.63, 3.8) is 0 Å². The Labute approximate surface area is 132 Å². The Balaban J connectivity index is 2.08. The van der Waals surface area contributed by atoms with Gasteiger partial charge in [0.25, 0.3) is 5.69 Å². The van der Waals surface area contributed by atoms with Crippen molar-refractivity contribution < 1.29 is 23.9 Å². The van der Waals surface area contributed by atoms with Crippen molar-refractivity contribution in [2.24, 2.45) is 0 Å². The topological polar surface area (TPSA) is 87.9 Å². The van der Waals surface area contributed by atoms with E-state index in [1.54, 1.807) is 18.2 Å². The summed E-state index contributed by atoms with van der Waals surface area (Å²) in [5, 5.41) is 10.6. The number of nitro benzene ring substituents is 1. The van der Waals surface area contributed by atoms with Crippen LogP contribution in [0.4, 0.5) is 5.69 Å². The molecule has 0 N–H and O–H groups in total. The first kappa shape index (κ1) is 16.3. The van der Waals surface area contributed by atoms with Crippen LogP contribution in [0.1, 0.15) is 10.4 Å². The Morgan fingerprint density at radius 3 is 2.26 bits per heavy atom. The maximum Gasteiger partial charge on any atom is 0.269 e. The van der Waals surface area contributed by atoms with Crippen LogP contribution in [0.2, 0.25) is 0 Å². The molecule has 7 nitrogen and oxygen atoms in total. The van der Waals surface area contributed by atoms with E-state index in [0.29, 0.717) is 22.8 Å². The molecule has 0 saturated carbocycles. The van der Waals surface area contributed by atoms with Gasteiger partial charge in [0.05, 0.1) is 24.7 Å². The van der Waals surface area contributed by atoms with Crippen LogP contribution in [0.3, 0.4) is 0 Å². The predicted octanol–water partition coefficient (Wildman–Crippen LogP) is 2.87. The Hall–Kier alpha value is -3.09. The molecule has 2 aromatic rings. The maximum absolute atomic E-state index is 12.3. The Kier molecular flexibility index (Phi) is 5.14. The van der Waals surface area contributed by atoms with Crippen LogP contribution in [0.5, 0.6) is 17.2 Å². The monoisotopic (exact) mass is 317 g/mol. The Morgan fingerprint density at radius 1 is 1.04 bits per heavy atom. The highest BCUT2D eigenvalue weighted by Gasteiger charge is 2.15. The van der Waals surface area contributed by atoms with Crippen LogP contribution >= 0.6 is 0 Å². The summed E-state index contributed by atoms with van der Waals surface area (Å²) in [6.07, 6.45) is 0. The highest BCUT2D eigenvalue weighted by atomic mass is 16.6. The van der Waals surface area contributed by atoms with Gasteiger partial charge in [-0.25, -0.2) is 0 Å². The molecular formula is C16H15NO6. The van der Waals surface area contributed by atoms with Crippen molar-refractivity contribution in [3.05, 3.63) is 58.1 Å². The van der Waals surface area contributed by atoms with Crippen molar-refractivity contribution in [3.8, 4) is 17.2 Å². The zero-order valence-electron chi connectivity index (χ0n) is 12.6. The number of non-ortho nitro benzene ring substituents is 1. The van der Waals surface area contributed by atoms with Gasteiger partial charge in [-0.2, -0.15) is 0 Å². The highest BCUT2D eigenvalue weighted by molar-refractivity contribution is 6.00. The molecule has 0 aliphatic rings. The van der Waals surface area contributed by atoms with E-state index in [1.807, 2.05) is 0 Å². The quantitative estimate of drug-likeness (QED) is 0.443. The molecule has 0 spiro atoms. The number of nitro groups is 1. The molecule has 0 aliphatic heterocycles. The van der Waals surface area contributed by atoms with Gasteiger partial charge in [-0.15, -0.1) is 0 Å². The lowest BCUT2D eigenvalue weighted by Gasteiger charge is -2.10. The van der Waals surface area contributed by atoms with Gasteiger partial charge in [0.1, 0.15) is 17.2 Å². The summed E-state index contributed by atoms with van der Waals surface area (Å²) in [6, 6.07) is 10.4. The minimum absolute atomic E-state index is 0.0434. The van der Waals surface area contributed by atoms with Crippen molar-refractivity contribution in [1.82, 2.24) is 0 Å².